The van der Waals surface area contributed by atoms with Crippen LogP contribution in [0.15, 0.2) is 59.7 Å². The maximum Gasteiger partial charge on any atom is 0.289 e. The van der Waals surface area contributed by atoms with Gasteiger partial charge >= 0.3 is 0 Å². The van der Waals surface area contributed by atoms with Crippen molar-refractivity contribution >= 4 is 23.0 Å². The van der Waals surface area contributed by atoms with Gasteiger partial charge in [-0.3, -0.25) is 30.1 Å². The van der Waals surface area contributed by atoms with Crippen molar-refractivity contribution in [2.75, 3.05) is 0 Å². The number of amides is 1. The number of carbonyl (C=O) groups is 1. The molecule has 2 aromatic carbocycles. The van der Waals surface area contributed by atoms with Gasteiger partial charge < -0.3 is 0 Å². The molecule has 0 saturated carbocycles. The van der Waals surface area contributed by atoms with E-state index in [0.29, 0.717) is 22.5 Å². The van der Waals surface area contributed by atoms with Crippen molar-refractivity contribution in [3.8, 4) is 11.3 Å². The Kier molecular flexibility index (Phi) is 5.39. The molecule has 11 nitrogen and oxygen atoms in total. The fourth-order valence-electron chi connectivity index (χ4n) is 2.47. The average Bonchev–Trinajstić information content (AvgIpc) is 3.22. The zero-order chi connectivity index (χ0) is 21.0. The van der Waals surface area contributed by atoms with Gasteiger partial charge in [-0.15, -0.1) is 0 Å². The second kappa shape index (κ2) is 8.08. The van der Waals surface area contributed by atoms with E-state index in [1.165, 1.54) is 42.5 Å². The van der Waals surface area contributed by atoms with E-state index < -0.39 is 15.8 Å². The first-order valence-corrected chi connectivity index (χ1v) is 8.25. The van der Waals surface area contributed by atoms with Crippen LogP contribution in [0.5, 0.6) is 0 Å². The molecule has 1 heterocycles. The summed E-state index contributed by atoms with van der Waals surface area (Å²) in [5.74, 6) is -0.584. The smallest absolute Gasteiger partial charge is 0.272 e. The second-order valence-corrected chi connectivity index (χ2v) is 5.92. The largest absolute Gasteiger partial charge is 0.289 e. The Labute approximate surface area is 163 Å². The van der Waals surface area contributed by atoms with E-state index in [0.717, 1.165) is 0 Å². The minimum absolute atomic E-state index is 0.0847. The lowest BCUT2D eigenvalue weighted by molar-refractivity contribution is -0.385. The summed E-state index contributed by atoms with van der Waals surface area (Å²) in [6, 6.07) is 13.2. The number of nitrogens with zero attached hydrogens (tertiary/aromatic N) is 4. The Morgan fingerprint density at radius 1 is 1.03 bits per heavy atom. The van der Waals surface area contributed by atoms with Crippen LogP contribution in [-0.4, -0.2) is 31.7 Å². The van der Waals surface area contributed by atoms with Gasteiger partial charge in [0.1, 0.15) is 5.69 Å². The lowest BCUT2D eigenvalue weighted by atomic mass is 10.1. The zero-order valence-corrected chi connectivity index (χ0v) is 15.0. The molecule has 29 heavy (non-hydrogen) atoms. The summed E-state index contributed by atoms with van der Waals surface area (Å²) < 4.78 is 0. The molecule has 0 aliphatic rings. The molecule has 1 amide bonds. The topological polar surface area (TPSA) is 156 Å². The van der Waals surface area contributed by atoms with E-state index in [-0.39, 0.29) is 17.1 Å². The molecular formula is C18H14N6O5. The first kappa shape index (κ1) is 19.4. The highest BCUT2D eigenvalue weighted by Crippen LogP contribution is 2.22. The fourth-order valence-corrected chi connectivity index (χ4v) is 2.47. The van der Waals surface area contributed by atoms with E-state index in [2.05, 4.69) is 20.7 Å². The number of hydrogen-bond acceptors (Lipinski definition) is 7. The number of hydrogen-bond donors (Lipinski definition) is 2. The van der Waals surface area contributed by atoms with E-state index >= 15 is 0 Å². The first-order valence-electron chi connectivity index (χ1n) is 8.25. The normalized spacial score (nSPS) is 11.1. The van der Waals surface area contributed by atoms with Gasteiger partial charge in [0, 0.05) is 35.4 Å². The number of hydrazone groups is 1. The van der Waals surface area contributed by atoms with Crippen LogP contribution < -0.4 is 5.43 Å². The number of nitro benzene ring substituents is 2. The number of nitrogens with one attached hydrogen (secondary N) is 2. The summed E-state index contributed by atoms with van der Waals surface area (Å²) in [7, 11) is 0. The fraction of sp³-hybridized carbons (Fsp3) is 0.0556. The van der Waals surface area contributed by atoms with Crippen molar-refractivity contribution in [3.05, 3.63) is 86.1 Å². The maximum absolute atomic E-state index is 12.3. The van der Waals surface area contributed by atoms with Crippen LogP contribution in [0.4, 0.5) is 11.4 Å². The van der Waals surface area contributed by atoms with Crippen molar-refractivity contribution < 1.29 is 14.6 Å². The third-order valence-electron chi connectivity index (χ3n) is 3.98. The molecule has 0 spiro atoms. The molecule has 0 fully saturated rings. The highest BCUT2D eigenvalue weighted by atomic mass is 16.6. The molecule has 3 rings (SSSR count). The van der Waals surface area contributed by atoms with Gasteiger partial charge in [0.05, 0.1) is 21.3 Å². The summed E-state index contributed by atoms with van der Waals surface area (Å²) in [6.07, 6.45) is 0. The SMILES string of the molecule is CC(=NNC(=O)c1cc(-c2cccc([N+](=O)[O-])c2)n[nH]1)c1cccc([N+](=O)[O-])c1. The van der Waals surface area contributed by atoms with Gasteiger partial charge in [0.25, 0.3) is 17.3 Å². The number of non-ortho nitro benzene ring substituents is 2. The molecule has 3 aromatic rings. The highest BCUT2D eigenvalue weighted by Gasteiger charge is 2.14. The van der Waals surface area contributed by atoms with Gasteiger partial charge in [0.15, 0.2) is 0 Å². The van der Waals surface area contributed by atoms with Crippen LogP contribution in [0.3, 0.4) is 0 Å². The molecule has 1 aromatic heterocycles. The molecule has 146 valence electrons. The summed E-state index contributed by atoms with van der Waals surface area (Å²) >= 11 is 0. The molecule has 0 saturated heterocycles. The standard InChI is InChI=1S/C18H14N6O5/c1-11(12-4-2-6-14(8-12)23(26)27)19-22-18(25)17-10-16(20-21-17)13-5-3-7-15(9-13)24(28)29/h2-10H,1H3,(H,20,21)(H,22,25). The van der Waals surface area contributed by atoms with Crippen LogP contribution >= 0.6 is 0 Å². The Balaban J connectivity index is 1.74. The van der Waals surface area contributed by atoms with Crippen molar-refractivity contribution in [2.24, 2.45) is 5.10 Å². The van der Waals surface area contributed by atoms with E-state index in [4.69, 9.17) is 0 Å². The predicted octanol–water partition coefficient (Wildman–Crippen LogP) is 3.05. The molecule has 0 aliphatic heterocycles. The molecule has 0 aliphatic carbocycles. The minimum atomic E-state index is -0.584. The van der Waals surface area contributed by atoms with E-state index in [1.807, 2.05) is 0 Å². The Bertz CT molecular complexity index is 1140. The van der Waals surface area contributed by atoms with Crippen molar-refractivity contribution in [3.63, 3.8) is 0 Å². The molecule has 0 radical (unpaired) electrons. The summed E-state index contributed by atoms with van der Waals surface area (Å²) in [5, 5.41) is 32.2. The van der Waals surface area contributed by atoms with E-state index in [9.17, 15) is 25.0 Å². The van der Waals surface area contributed by atoms with Gasteiger partial charge in [-0.05, 0) is 13.0 Å². The summed E-state index contributed by atoms with van der Waals surface area (Å²) in [5.41, 5.74) is 3.97. The van der Waals surface area contributed by atoms with Crippen molar-refractivity contribution in [2.45, 2.75) is 6.92 Å². The third-order valence-corrected chi connectivity index (χ3v) is 3.98. The molecule has 2 N–H and O–H groups in total. The van der Waals surface area contributed by atoms with Crippen LogP contribution in [0, 0.1) is 20.2 Å². The molecule has 0 unspecified atom stereocenters. The lowest BCUT2D eigenvalue weighted by Gasteiger charge is -2.02. The average molecular weight is 394 g/mol. The van der Waals surface area contributed by atoms with Gasteiger partial charge in [-0.1, -0.05) is 24.3 Å². The lowest BCUT2D eigenvalue weighted by Crippen LogP contribution is -2.19. The Morgan fingerprint density at radius 2 is 1.69 bits per heavy atom. The first-order chi connectivity index (χ1) is 13.8. The zero-order valence-electron chi connectivity index (χ0n) is 15.0. The quantitative estimate of drug-likeness (QED) is 0.372. The van der Waals surface area contributed by atoms with Crippen LogP contribution in [-0.2, 0) is 0 Å². The van der Waals surface area contributed by atoms with Crippen LogP contribution in [0.2, 0.25) is 0 Å². The number of H-pyrrole nitrogens is 1. The molecule has 0 atom stereocenters. The predicted molar refractivity (Wildman–Crippen MR) is 103 cm³/mol. The third kappa shape index (κ3) is 4.47. The number of carbonyl (C=O) groups excluding carboxylic acids is 1. The number of aromatic amines is 1. The minimum Gasteiger partial charge on any atom is -0.272 e. The van der Waals surface area contributed by atoms with Crippen LogP contribution in [0.25, 0.3) is 11.3 Å². The summed E-state index contributed by atoms with van der Waals surface area (Å²) in [6.45, 7) is 1.60. The van der Waals surface area contributed by atoms with Gasteiger partial charge in [-0.2, -0.15) is 10.2 Å². The Morgan fingerprint density at radius 3 is 2.38 bits per heavy atom. The maximum atomic E-state index is 12.3. The number of nitro groups is 2. The van der Waals surface area contributed by atoms with Crippen molar-refractivity contribution in [1.29, 1.82) is 0 Å². The number of benzene rings is 2. The molecular weight excluding hydrogens is 380 g/mol. The molecule has 0 bridgehead atoms. The monoisotopic (exact) mass is 394 g/mol. The Hall–Kier alpha value is -4.41. The summed E-state index contributed by atoms with van der Waals surface area (Å²) in [4.78, 5) is 33.0. The molecule has 11 heteroatoms. The van der Waals surface area contributed by atoms with E-state index in [1.54, 1.807) is 19.1 Å². The number of aromatic nitrogens is 2. The van der Waals surface area contributed by atoms with Crippen molar-refractivity contribution in [1.82, 2.24) is 15.6 Å². The number of rotatable bonds is 6. The second-order valence-electron chi connectivity index (χ2n) is 5.92. The van der Waals surface area contributed by atoms with Crippen LogP contribution in [0.1, 0.15) is 23.0 Å². The van der Waals surface area contributed by atoms with Gasteiger partial charge in [0.2, 0.25) is 0 Å². The highest BCUT2D eigenvalue weighted by molar-refractivity contribution is 6.01. The van der Waals surface area contributed by atoms with Gasteiger partial charge in [-0.25, -0.2) is 5.43 Å².